The van der Waals surface area contributed by atoms with Gasteiger partial charge in [0.2, 0.25) is 11.5 Å². The first-order valence-corrected chi connectivity index (χ1v) is 9.36. The number of ketones is 1. The quantitative estimate of drug-likeness (QED) is 0.605. The highest BCUT2D eigenvalue weighted by molar-refractivity contribution is 7.19. The Morgan fingerprint density at radius 1 is 1.41 bits per heavy atom. The molecule has 0 aromatic carbocycles. The number of hydrogen-bond donors (Lipinski definition) is 3. The fourth-order valence-corrected chi connectivity index (χ4v) is 3.99. The van der Waals surface area contributed by atoms with Crippen molar-refractivity contribution < 1.29 is 19.2 Å². The number of piperidine rings is 1. The summed E-state index contributed by atoms with van der Waals surface area (Å²) in [6.45, 7) is 3.62. The summed E-state index contributed by atoms with van der Waals surface area (Å²) >= 11 is 1.06. The van der Waals surface area contributed by atoms with E-state index >= 15 is 0 Å². The molecule has 10 heteroatoms. The maximum absolute atomic E-state index is 12.6. The zero-order valence-corrected chi connectivity index (χ0v) is 15.3. The molecule has 0 amide bonds. The number of nitriles is 1. The number of hydrogen-bond acceptors (Lipinski definition) is 9. The van der Waals surface area contributed by atoms with Crippen LogP contribution in [0.5, 0.6) is 0 Å². The van der Waals surface area contributed by atoms with Crippen LogP contribution >= 0.6 is 11.3 Å². The summed E-state index contributed by atoms with van der Waals surface area (Å²) in [5.41, 5.74) is 5.87. The Hall–Kier alpha value is -2.90. The second kappa shape index (κ2) is 8.20. The average molecular weight is 389 g/mol. The number of carbonyl (C=O) groups excluding carboxylic acids is 1. The first-order valence-electron chi connectivity index (χ1n) is 8.54. The summed E-state index contributed by atoms with van der Waals surface area (Å²) in [7, 11) is 0. The minimum Gasteiger partial charge on any atom is -0.476 e. The van der Waals surface area contributed by atoms with Gasteiger partial charge in [-0.3, -0.25) is 4.79 Å². The van der Waals surface area contributed by atoms with Crippen LogP contribution in [0.1, 0.15) is 50.7 Å². The summed E-state index contributed by atoms with van der Waals surface area (Å²) in [4.78, 5) is 25.9. The van der Waals surface area contributed by atoms with Crippen LogP contribution in [0.25, 0.3) is 0 Å². The van der Waals surface area contributed by atoms with Gasteiger partial charge in [0.25, 0.3) is 0 Å². The van der Waals surface area contributed by atoms with Gasteiger partial charge in [0.05, 0.1) is 5.69 Å². The number of nitrogens with one attached hydrogen (secondary N) is 1. The minimum atomic E-state index is -1.30. The number of thiophene rings is 1. The topological polar surface area (TPSA) is 145 Å². The van der Waals surface area contributed by atoms with E-state index in [2.05, 4.69) is 15.4 Å². The molecule has 142 valence electrons. The molecule has 0 bridgehead atoms. The van der Waals surface area contributed by atoms with E-state index in [1.165, 1.54) is 19.3 Å². The second-order valence-electron chi connectivity index (χ2n) is 6.20. The lowest BCUT2D eigenvalue weighted by molar-refractivity contribution is 0.0685. The summed E-state index contributed by atoms with van der Waals surface area (Å²) < 4.78 is 4.80. The van der Waals surface area contributed by atoms with Crippen molar-refractivity contribution in [2.75, 3.05) is 37.2 Å². The highest BCUT2D eigenvalue weighted by Gasteiger charge is 2.26. The fraction of sp³-hybridized carbons (Fsp3) is 0.412. The molecule has 1 aliphatic rings. The van der Waals surface area contributed by atoms with Crippen molar-refractivity contribution in [3.05, 3.63) is 28.0 Å². The van der Waals surface area contributed by atoms with Crippen molar-refractivity contribution in [2.45, 2.75) is 19.3 Å². The Bertz CT molecular complexity index is 892. The summed E-state index contributed by atoms with van der Waals surface area (Å²) in [5, 5.41) is 25.3. The molecule has 27 heavy (non-hydrogen) atoms. The van der Waals surface area contributed by atoms with Crippen molar-refractivity contribution >= 4 is 33.8 Å². The lowest BCUT2D eigenvalue weighted by atomic mass is 10.1. The number of nitrogens with two attached hydrogens (primary N) is 1. The van der Waals surface area contributed by atoms with E-state index < -0.39 is 11.8 Å². The number of rotatable bonds is 7. The van der Waals surface area contributed by atoms with Crippen LogP contribution in [0.2, 0.25) is 0 Å². The van der Waals surface area contributed by atoms with E-state index in [0.29, 0.717) is 11.5 Å². The van der Waals surface area contributed by atoms with Gasteiger partial charge in [0.15, 0.2) is 5.69 Å². The van der Waals surface area contributed by atoms with E-state index in [1.807, 2.05) is 6.07 Å². The van der Waals surface area contributed by atoms with Gasteiger partial charge in [0.1, 0.15) is 21.5 Å². The van der Waals surface area contributed by atoms with Crippen LogP contribution in [0, 0.1) is 11.3 Å². The highest BCUT2D eigenvalue weighted by Crippen LogP contribution is 2.36. The van der Waals surface area contributed by atoms with Crippen molar-refractivity contribution in [3.8, 4) is 6.07 Å². The predicted molar refractivity (Wildman–Crippen MR) is 99.1 cm³/mol. The summed E-state index contributed by atoms with van der Waals surface area (Å²) in [6, 6.07) is 3.06. The van der Waals surface area contributed by atoms with E-state index in [9.17, 15) is 14.9 Å². The van der Waals surface area contributed by atoms with Gasteiger partial charge in [-0.05, 0) is 25.9 Å². The maximum Gasteiger partial charge on any atom is 0.358 e. The highest BCUT2D eigenvalue weighted by atomic mass is 32.1. The van der Waals surface area contributed by atoms with E-state index in [4.69, 9.17) is 15.4 Å². The first-order chi connectivity index (χ1) is 13.0. The predicted octanol–water partition coefficient (Wildman–Crippen LogP) is 2.02. The normalized spacial score (nSPS) is 14.6. The molecule has 3 heterocycles. The number of aromatic nitrogens is 1. The summed E-state index contributed by atoms with van der Waals surface area (Å²) in [6.07, 6.45) is 3.66. The third kappa shape index (κ3) is 4.10. The molecule has 4 N–H and O–H groups in total. The first kappa shape index (κ1) is 18.9. The second-order valence-corrected chi connectivity index (χ2v) is 7.22. The third-order valence-electron chi connectivity index (χ3n) is 4.38. The van der Waals surface area contributed by atoms with Gasteiger partial charge in [-0.1, -0.05) is 11.6 Å². The summed E-state index contributed by atoms with van der Waals surface area (Å²) in [5.74, 6) is -2.13. The molecule has 2 aromatic rings. The number of aromatic carboxylic acids is 1. The number of carbonyl (C=O) groups is 2. The number of anilines is 2. The monoisotopic (exact) mass is 389 g/mol. The molecule has 0 spiro atoms. The van der Waals surface area contributed by atoms with Gasteiger partial charge < -0.3 is 25.6 Å². The number of nitrogen functional groups attached to an aromatic ring is 1. The van der Waals surface area contributed by atoms with Crippen molar-refractivity contribution in [1.82, 2.24) is 10.1 Å². The Morgan fingerprint density at radius 3 is 2.78 bits per heavy atom. The zero-order chi connectivity index (χ0) is 19.4. The lowest BCUT2D eigenvalue weighted by Crippen LogP contribution is -2.33. The molecular formula is C17H19N5O4S. The zero-order valence-electron chi connectivity index (χ0n) is 14.5. The van der Waals surface area contributed by atoms with E-state index in [1.54, 1.807) is 0 Å². The molecule has 1 fully saturated rings. The SMILES string of the molecule is N#Cc1c(NCCN2CCCCC2)sc(C(=O)c2cc(C(=O)O)no2)c1N. The number of carboxylic acid groups (broad SMARTS) is 1. The number of likely N-dealkylation sites (tertiary alicyclic amines) is 1. The molecule has 2 aromatic heterocycles. The third-order valence-corrected chi connectivity index (χ3v) is 5.54. The molecule has 0 saturated carbocycles. The number of carboxylic acids is 1. The molecule has 1 aliphatic heterocycles. The van der Waals surface area contributed by atoms with Gasteiger partial charge in [0, 0.05) is 19.2 Å². The average Bonchev–Trinajstić information content (AvgIpc) is 3.27. The van der Waals surface area contributed by atoms with Crippen LogP contribution in [0.15, 0.2) is 10.6 Å². The van der Waals surface area contributed by atoms with Crippen molar-refractivity contribution in [3.63, 3.8) is 0 Å². The Labute approximate surface area is 159 Å². The van der Waals surface area contributed by atoms with Crippen LogP contribution in [0.4, 0.5) is 10.7 Å². The standard InChI is InChI=1S/C17H19N5O4S/c18-9-10-13(19)15(14(23)12-8-11(17(24)25)21-26-12)27-16(10)20-4-7-22-5-2-1-3-6-22/h8,20H,1-7,19H2,(H,24,25). The Balaban J connectivity index is 1.73. The van der Waals surface area contributed by atoms with Gasteiger partial charge in [-0.15, -0.1) is 11.3 Å². The molecular weight excluding hydrogens is 370 g/mol. The van der Waals surface area contributed by atoms with Crippen molar-refractivity contribution in [2.24, 2.45) is 0 Å². The van der Waals surface area contributed by atoms with E-state index in [0.717, 1.165) is 37.0 Å². The van der Waals surface area contributed by atoms with Crippen LogP contribution in [-0.2, 0) is 0 Å². The Kier molecular flexibility index (Phi) is 5.73. The lowest BCUT2D eigenvalue weighted by Gasteiger charge is -2.26. The smallest absolute Gasteiger partial charge is 0.358 e. The molecule has 3 rings (SSSR count). The van der Waals surface area contributed by atoms with Crippen molar-refractivity contribution in [1.29, 1.82) is 5.26 Å². The number of nitrogens with zero attached hydrogens (tertiary/aromatic N) is 3. The molecule has 0 unspecified atom stereocenters. The van der Waals surface area contributed by atoms with Crippen LogP contribution < -0.4 is 11.1 Å². The maximum atomic E-state index is 12.6. The fourth-order valence-electron chi connectivity index (χ4n) is 2.95. The van der Waals surface area contributed by atoms with Crippen LogP contribution in [0.3, 0.4) is 0 Å². The molecule has 0 aliphatic carbocycles. The van der Waals surface area contributed by atoms with Gasteiger partial charge in [-0.25, -0.2) is 4.79 Å². The van der Waals surface area contributed by atoms with E-state index in [-0.39, 0.29) is 27.6 Å². The molecule has 0 radical (unpaired) electrons. The Morgan fingerprint density at radius 2 is 2.15 bits per heavy atom. The van der Waals surface area contributed by atoms with Gasteiger partial charge in [-0.2, -0.15) is 5.26 Å². The minimum absolute atomic E-state index is 0.0567. The van der Waals surface area contributed by atoms with Gasteiger partial charge >= 0.3 is 5.97 Å². The molecule has 1 saturated heterocycles. The molecule has 9 nitrogen and oxygen atoms in total. The largest absolute Gasteiger partial charge is 0.476 e. The van der Waals surface area contributed by atoms with Crippen LogP contribution in [-0.4, -0.2) is 53.1 Å². The molecule has 0 atom stereocenters.